The van der Waals surface area contributed by atoms with E-state index < -0.39 is 0 Å². The van der Waals surface area contributed by atoms with E-state index in [1.807, 2.05) is 11.9 Å². The van der Waals surface area contributed by atoms with Crippen molar-refractivity contribution in [2.24, 2.45) is 5.92 Å². The molecule has 0 aromatic heterocycles. The highest BCUT2D eigenvalue weighted by molar-refractivity contribution is 5.85. The SMILES string of the molecule is CCC(OC1CCCCC1)C(=O)N1CCC(CNC)C1.Cl. The van der Waals surface area contributed by atoms with Gasteiger partial charge in [-0.15, -0.1) is 12.4 Å². The summed E-state index contributed by atoms with van der Waals surface area (Å²) in [4.78, 5) is 14.6. The zero-order chi connectivity index (χ0) is 14.4. The normalized spacial score (nSPS) is 24.7. The van der Waals surface area contributed by atoms with Crippen LogP contribution in [0.1, 0.15) is 51.9 Å². The molecule has 2 unspecified atom stereocenters. The zero-order valence-corrected chi connectivity index (χ0v) is 14.3. The number of carbonyl (C=O) groups excluding carboxylic acids is 1. The van der Waals surface area contributed by atoms with Crippen molar-refractivity contribution in [2.75, 3.05) is 26.7 Å². The minimum atomic E-state index is -0.216. The summed E-state index contributed by atoms with van der Waals surface area (Å²) >= 11 is 0. The standard InChI is InChI=1S/C16H30N2O2.ClH/c1-3-15(20-14-7-5-4-6-8-14)16(19)18-10-9-13(12-18)11-17-2;/h13-15,17H,3-12H2,1-2H3;1H. The molecule has 2 fully saturated rings. The number of hydrogen-bond donors (Lipinski definition) is 1. The van der Waals surface area contributed by atoms with Gasteiger partial charge >= 0.3 is 0 Å². The van der Waals surface area contributed by atoms with E-state index in [-0.39, 0.29) is 24.4 Å². The topological polar surface area (TPSA) is 41.6 Å². The molecule has 0 aromatic carbocycles. The fourth-order valence-corrected chi connectivity index (χ4v) is 3.45. The second-order valence-corrected chi connectivity index (χ2v) is 6.29. The summed E-state index contributed by atoms with van der Waals surface area (Å²) in [6.07, 6.45) is 8.10. The van der Waals surface area contributed by atoms with E-state index in [0.29, 0.717) is 12.0 Å². The molecule has 1 heterocycles. The predicted octanol–water partition coefficient (Wildman–Crippen LogP) is 2.60. The molecule has 1 amide bonds. The Bertz CT molecular complexity index is 309. The predicted molar refractivity (Wildman–Crippen MR) is 87.9 cm³/mol. The van der Waals surface area contributed by atoms with Gasteiger partial charge in [0.25, 0.3) is 5.91 Å². The molecule has 1 N–H and O–H groups in total. The highest BCUT2D eigenvalue weighted by Gasteiger charge is 2.31. The molecule has 0 bridgehead atoms. The first-order valence-electron chi connectivity index (χ1n) is 8.33. The van der Waals surface area contributed by atoms with Crippen LogP contribution in [0.5, 0.6) is 0 Å². The summed E-state index contributed by atoms with van der Waals surface area (Å²) in [5.74, 6) is 0.827. The lowest BCUT2D eigenvalue weighted by molar-refractivity contribution is -0.148. The number of nitrogens with zero attached hydrogens (tertiary/aromatic N) is 1. The fourth-order valence-electron chi connectivity index (χ4n) is 3.45. The molecule has 2 atom stereocenters. The van der Waals surface area contributed by atoms with Crippen molar-refractivity contribution < 1.29 is 9.53 Å². The van der Waals surface area contributed by atoms with E-state index >= 15 is 0 Å². The Kier molecular flexibility index (Phi) is 8.60. The molecule has 2 aliphatic rings. The van der Waals surface area contributed by atoms with E-state index in [0.717, 1.165) is 45.3 Å². The third-order valence-corrected chi connectivity index (χ3v) is 4.65. The molecule has 1 saturated carbocycles. The first kappa shape index (κ1) is 18.7. The smallest absolute Gasteiger partial charge is 0.251 e. The van der Waals surface area contributed by atoms with E-state index in [2.05, 4.69) is 12.2 Å². The van der Waals surface area contributed by atoms with Gasteiger partial charge in [-0.3, -0.25) is 4.79 Å². The number of amides is 1. The molecule has 4 nitrogen and oxygen atoms in total. The van der Waals surface area contributed by atoms with Crippen LogP contribution in [0.2, 0.25) is 0 Å². The highest BCUT2D eigenvalue weighted by atomic mass is 35.5. The first-order chi connectivity index (χ1) is 9.74. The van der Waals surface area contributed by atoms with Gasteiger partial charge in [0, 0.05) is 13.1 Å². The minimum Gasteiger partial charge on any atom is -0.365 e. The highest BCUT2D eigenvalue weighted by Crippen LogP contribution is 2.24. The number of likely N-dealkylation sites (tertiary alicyclic amines) is 1. The number of nitrogens with one attached hydrogen (secondary N) is 1. The van der Waals surface area contributed by atoms with Gasteiger partial charge in [-0.25, -0.2) is 0 Å². The summed E-state index contributed by atoms with van der Waals surface area (Å²) in [6, 6.07) is 0. The van der Waals surface area contributed by atoms with Crippen molar-refractivity contribution in [3.8, 4) is 0 Å². The van der Waals surface area contributed by atoms with Crippen molar-refractivity contribution in [3.05, 3.63) is 0 Å². The van der Waals surface area contributed by atoms with Gasteiger partial charge in [0.1, 0.15) is 6.10 Å². The van der Waals surface area contributed by atoms with Gasteiger partial charge in [0.2, 0.25) is 0 Å². The van der Waals surface area contributed by atoms with Crippen LogP contribution in [0.3, 0.4) is 0 Å². The van der Waals surface area contributed by atoms with Crippen LogP contribution < -0.4 is 5.32 Å². The van der Waals surface area contributed by atoms with Crippen molar-refractivity contribution in [1.82, 2.24) is 10.2 Å². The van der Waals surface area contributed by atoms with E-state index in [1.54, 1.807) is 0 Å². The fraction of sp³-hybridized carbons (Fsp3) is 0.938. The summed E-state index contributed by atoms with van der Waals surface area (Å²) in [7, 11) is 1.98. The van der Waals surface area contributed by atoms with Gasteiger partial charge in [-0.05, 0) is 45.2 Å². The molecular formula is C16H31ClN2O2. The maximum Gasteiger partial charge on any atom is 0.251 e. The monoisotopic (exact) mass is 318 g/mol. The summed E-state index contributed by atoms with van der Waals surface area (Å²) < 4.78 is 6.10. The third-order valence-electron chi connectivity index (χ3n) is 4.65. The molecule has 124 valence electrons. The number of rotatable bonds is 6. The van der Waals surface area contributed by atoms with Gasteiger partial charge < -0.3 is 15.0 Å². The van der Waals surface area contributed by atoms with Gasteiger partial charge in [-0.2, -0.15) is 0 Å². The molecule has 1 saturated heterocycles. The average Bonchev–Trinajstić information content (AvgIpc) is 2.94. The first-order valence-corrected chi connectivity index (χ1v) is 8.33. The lowest BCUT2D eigenvalue weighted by Gasteiger charge is -2.29. The second-order valence-electron chi connectivity index (χ2n) is 6.29. The maximum absolute atomic E-state index is 12.6. The Morgan fingerprint density at radius 2 is 2.00 bits per heavy atom. The molecule has 5 heteroatoms. The Morgan fingerprint density at radius 3 is 2.62 bits per heavy atom. The maximum atomic E-state index is 12.6. The van der Waals surface area contributed by atoms with Crippen molar-refractivity contribution in [1.29, 1.82) is 0 Å². The van der Waals surface area contributed by atoms with Crippen LogP contribution in [0.15, 0.2) is 0 Å². The van der Waals surface area contributed by atoms with Gasteiger partial charge in [0.15, 0.2) is 0 Å². The van der Waals surface area contributed by atoms with Crippen LogP contribution in [0.4, 0.5) is 0 Å². The summed E-state index contributed by atoms with van der Waals surface area (Å²) in [6.45, 7) is 4.86. The molecule has 1 aliphatic carbocycles. The van der Waals surface area contributed by atoms with E-state index in [4.69, 9.17) is 4.74 Å². The Morgan fingerprint density at radius 1 is 1.29 bits per heavy atom. The van der Waals surface area contributed by atoms with Crippen molar-refractivity contribution in [2.45, 2.75) is 64.1 Å². The largest absolute Gasteiger partial charge is 0.365 e. The molecule has 0 radical (unpaired) electrons. The zero-order valence-electron chi connectivity index (χ0n) is 13.5. The summed E-state index contributed by atoms with van der Waals surface area (Å²) in [5, 5.41) is 3.21. The lowest BCUT2D eigenvalue weighted by Crippen LogP contribution is -2.41. The molecule has 1 aliphatic heterocycles. The Hall–Kier alpha value is -0.320. The molecule has 21 heavy (non-hydrogen) atoms. The van der Waals surface area contributed by atoms with Crippen molar-refractivity contribution in [3.63, 3.8) is 0 Å². The Labute approximate surface area is 135 Å². The van der Waals surface area contributed by atoms with Gasteiger partial charge in [-0.1, -0.05) is 26.2 Å². The second kappa shape index (κ2) is 9.65. The van der Waals surface area contributed by atoms with Crippen LogP contribution in [0.25, 0.3) is 0 Å². The van der Waals surface area contributed by atoms with Crippen LogP contribution in [-0.4, -0.2) is 49.7 Å². The van der Waals surface area contributed by atoms with Crippen LogP contribution in [0, 0.1) is 5.92 Å². The summed E-state index contributed by atoms with van der Waals surface area (Å²) in [5.41, 5.74) is 0. The number of hydrogen-bond acceptors (Lipinski definition) is 3. The third kappa shape index (κ3) is 5.42. The van der Waals surface area contributed by atoms with Crippen LogP contribution >= 0.6 is 12.4 Å². The average molecular weight is 319 g/mol. The van der Waals surface area contributed by atoms with Crippen LogP contribution in [-0.2, 0) is 9.53 Å². The Balaban J connectivity index is 0.00000220. The quantitative estimate of drug-likeness (QED) is 0.818. The van der Waals surface area contributed by atoms with E-state index in [1.165, 1.54) is 19.3 Å². The molecule has 0 spiro atoms. The van der Waals surface area contributed by atoms with Crippen molar-refractivity contribution >= 4 is 18.3 Å². The molecular weight excluding hydrogens is 288 g/mol. The molecule has 0 aromatic rings. The lowest BCUT2D eigenvalue weighted by atomic mass is 9.97. The number of halogens is 1. The minimum absolute atomic E-state index is 0. The number of ether oxygens (including phenoxy) is 1. The van der Waals surface area contributed by atoms with E-state index in [9.17, 15) is 4.79 Å². The number of carbonyl (C=O) groups is 1. The van der Waals surface area contributed by atoms with Gasteiger partial charge in [0.05, 0.1) is 6.10 Å². The molecule has 2 rings (SSSR count).